The first kappa shape index (κ1) is 28.4. The molecule has 0 aliphatic heterocycles. The normalized spacial score (nSPS) is 10.7. The molecule has 0 heterocycles. The standard InChI is InChI=1S/C25H46N2O3/c1-3-5-7-9-11-13-15-17-19-24(29)26-21-23(28)22-27-25(30)20-18-16-14-12-10-8-6-4-2/h3-4,23,28H,1-2,5-22H2,(H,26,29)(H,27,30). The van der Waals surface area contributed by atoms with Crippen LogP contribution in [-0.2, 0) is 9.59 Å². The van der Waals surface area contributed by atoms with E-state index in [4.69, 9.17) is 0 Å². The maximum absolute atomic E-state index is 11.8. The number of hydrogen-bond donors (Lipinski definition) is 3. The summed E-state index contributed by atoms with van der Waals surface area (Å²) in [5.41, 5.74) is 0. The van der Waals surface area contributed by atoms with Gasteiger partial charge in [-0.1, -0.05) is 63.5 Å². The van der Waals surface area contributed by atoms with Gasteiger partial charge in [0, 0.05) is 25.9 Å². The third kappa shape index (κ3) is 21.1. The fourth-order valence-corrected chi connectivity index (χ4v) is 3.27. The Kier molecular flexibility index (Phi) is 20.9. The Labute approximate surface area is 184 Å². The minimum atomic E-state index is -0.743. The van der Waals surface area contributed by atoms with Crippen LogP contribution in [0.1, 0.15) is 103 Å². The highest BCUT2D eigenvalue weighted by Crippen LogP contribution is 2.09. The number of rotatable bonds is 22. The van der Waals surface area contributed by atoms with Gasteiger partial charge in [-0.15, -0.1) is 13.2 Å². The number of carbonyl (C=O) groups excluding carboxylic acids is 2. The highest BCUT2D eigenvalue weighted by molar-refractivity contribution is 5.76. The molecule has 0 fully saturated rings. The molecule has 2 amide bonds. The van der Waals surface area contributed by atoms with Gasteiger partial charge in [-0.25, -0.2) is 0 Å². The third-order valence-corrected chi connectivity index (χ3v) is 5.19. The van der Waals surface area contributed by atoms with Crippen molar-refractivity contribution in [2.24, 2.45) is 0 Å². The van der Waals surface area contributed by atoms with Crippen molar-refractivity contribution in [1.82, 2.24) is 10.6 Å². The highest BCUT2D eigenvalue weighted by Gasteiger charge is 2.09. The van der Waals surface area contributed by atoms with E-state index in [1.807, 2.05) is 12.2 Å². The van der Waals surface area contributed by atoms with Crippen LogP contribution in [0.2, 0.25) is 0 Å². The monoisotopic (exact) mass is 422 g/mol. The summed E-state index contributed by atoms with van der Waals surface area (Å²) in [6, 6.07) is 0. The third-order valence-electron chi connectivity index (χ3n) is 5.19. The Bertz CT molecular complexity index is 412. The molecule has 3 N–H and O–H groups in total. The maximum Gasteiger partial charge on any atom is 0.220 e. The summed E-state index contributed by atoms with van der Waals surface area (Å²) in [6.45, 7) is 7.81. The van der Waals surface area contributed by atoms with Crippen molar-refractivity contribution in [3.8, 4) is 0 Å². The number of nitrogens with one attached hydrogen (secondary N) is 2. The highest BCUT2D eigenvalue weighted by atomic mass is 16.3. The summed E-state index contributed by atoms with van der Waals surface area (Å²) in [5.74, 6) is -0.0553. The second-order valence-electron chi connectivity index (χ2n) is 8.16. The second kappa shape index (κ2) is 22.1. The number of unbranched alkanes of at least 4 members (excludes halogenated alkanes) is 12. The van der Waals surface area contributed by atoms with Crippen molar-refractivity contribution >= 4 is 11.8 Å². The molecule has 0 atom stereocenters. The fourth-order valence-electron chi connectivity index (χ4n) is 3.27. The Morgan fingerprint density at radius 2 is 0.967 bits per heavy atom. The van der Waals surface area contributed by atoms with Crippen LogP contribution in [0.15, 0.2) is 25.3 Å². The van der Waals surface area contributed by atoms with Gasteiger partial charge in [0.2, 0.25) is 11.8 Å². The SMILES string of the molecule is C=CCCCCCCCCC(=O)NCC(O)CNC(=O)CCCCCCCCC=C. The van der Waals surface area contributed by atoms with E-state index < -0.39 is 6.10 Å². The van der Waals surface area contributed by atoms with Gasteiger partial charge in [-0.3, -0.25) is 9.59 Å². The van der Waals surface area contributed by atoms with Crippen LogP contribution in [0, 0.1) is 0 Å². The van der Waals surface area contributed by atoms with Crippen LogP contribution in [-0.4, -0.2) is 36.1 Å². The molecule has 0 spiro atoms. The number of amides is 2. The zero-order valence-corrected chi connectivity index (χ0v) is 19.1. The molecule has 0 aromatic heterocycles. The van der Waals surface area contributed by atoms with Crippen molar-refractivity contribution in [3.63, 3.8) is 0 Å². The van der Waals surface area contributed by atoms with Gasteiger partial charge in [-0.05, 0) is 38.5 Å². The number of carbonyl (C=O) groups is 2. The molecule has 0 aliphatic carbocycles. The molecule has 0 saturated carbocycles. The predicted molar refractivity (Wildman–Crippen MR) is 126 cm³/mol. The smallest absolute Gasteiger partial charge is 0.220 e. The molecule has 174 valence electrons. The molecular weight excluding hydrogens is 376 g/mol. The average Bonchev–Trinajstić information content (AvgIpc) is 2.74. The molecule has 0 rings (SSSR count). The zero-order chi connectivity index (χ0) is 22.3. The van der Waals surface area contributed by atoms with Gasteiger partial charge < -0.3 is 15.7 Å². The van der Waals surface area contributed by atoms with E-state index in [-0.39, 0.29) is 24.9 Å². The molecule has 5 nitrogen and oxygen atoms in total. The van der Waals surface area contributed by atoms with Crippen LogP contribution in [0.25, 0.3) is 0 Å². The topological polar surface area (TPSA) is 78.4 Å². The van der Waals surface area contributed by atoms with Crippen molar-refractivity contribution in [2.45, 2.75) is 109 Å². The van der Waals surface area contributed by atoms with Gasteiger partial charge in [0.05, 0.1) is 6.10 Å². The Balaban J connectivity index is 3.48. The van der Waals surface area contributed by atoms with Gasteiger partial charge in [0.15, 0.2) is 0 Å². The van der Waals surface area contributed by atoms with Crippen molar-refractivity contribution < 1.29 is 14.7 Å². The summed E-state index contributed by atoms with van der Waals surface area (Å²) in [5, 5.41) is 15.4. The zero-order valence-electron chi connectivity index (χ0n) is 19.1. The summed E-state index contributed by atoms with van der Waals surface area (Å²) < 4.78 is 0. The molecular formula is C25H46N2O3. The molecule has 0 saturated heterocycles. The average molecular weight is 423 g/mol. The number of hydrogen-bond acceptors (Lipinski definition) is 3. The molecule has 0 unspecified atom stereocenters. The number of aliphatic hydroxyl groups excluding tert-OH is 1. The van der Waals surface area contributed by atoms with Gasteiger partial charge in [0.25, 0.3) is 0 Å². The summed E-state index contributed by atoms with van der Waals surface area (Å²) in [4.78, 5) is 23.6. The lowest BCUT2D eigenvalue weighted by atomic mass is 10.1. The first-order valence-corrected chi connectivity index (χ1v) is 12.0. The van der Waals surface area contributed by atoms with Crippen LogP contribution in [0.4, 0.5) is 0 Å². The van der Waals surface area contributed by atoms with Crippen molar-refractivity contribution in [1.29, 1.82) is 0 Å². The lowest BCUT2D eigenvalue weighted by molar-refractivity contribution is -0.121. The Morgan fingerprint density at radius 3 is 1.33 bits per heavy atom. The maximum atomic E-state index is 11.8. The minimum absolute atomic E-state index is 0.0277. The van der Waals surface area contributed by atoms with Gasteiger partial charge >= 0.3 is 0 Å². The first-order chi connectivity index (χ1) is 14.6. The van der Waals surface area contributed by atoms with Crippen LogP contribution in [0.5, 0.6) is 0 Å². The van der Waals surface area contributed by atoms with Crippen LogP contribution >= 0.6 is 0 Å². The largest absolute Gasteiger partial charge is 0.389 e. The van der Waals surface area contributed by atoms with Gasteiger partial charge in [0.1, 0.15) is 0 Å². The second-order valence-corrected chi connectivity index (χ2v) is 8.16. The summed E-state index contributed by atoms with van der Waals surface area (Å²) in [7, 11) is 0. The van der Waals surface area contributed by atoms with E-state index in [0.717, 1.165) is 51.4 Å². The fraction of sp³-hybridized carbons (Fsp3) is 0.760. The van der Waals surface area contributed by atoms with E-state index in [0.29, 0.717) is 12.8 Å². The lowest BCUT2D eigenvalue weighted by Gasteiger charge is -2.13. The summed E-state index contributed by atoms with van der Waals surface area (Å²) in [6.07, 6.45) is 19.8. The molecule has 0 aromatic carbocycles. The van der Waals surface area contributed by atoms with Gasteiger partial charge in [-0.2, -0.15) is 0 Å². The quantitative estimate of drug-likeness (QED) is 0.166. The van der Waals surface area contributed by atoms with E-state index in [1.54, 1.807) is 0 Å². The first-order valence-electron chi connectivity index (χ1n) is 12.0. The van der Waals surface area contributed by atoms with E-state index in [1.165, 1.54) is 38.5 Å². The van der Waals surface area contributed by atoms with Crippen molar-refractivity contribution in [2.75, 3.05) is 13.1 Å². The molecule has 5 heteroatoms. The van der Waals surface area contributed by atoms with E-state index in [2.05, 4.69) is 23.8 Å². The number of aliphatic hydroxyl groups is 1. The van der Waals surface area contributed by atoms with Crippen molar-refractivity contribution in [3.05, 3.63) is 25.3 Å². The van der Waals surface area contributed by atoms with Crippen LogP contribution < -0.4 is 10.6 Å². The minimum Gasteiger partial charge on any atom is -0.389 e. The van der Waals surface area contributed by atoms with E-state index in [9.17, 15) is 14.7 Å². The lowest BCUT2D eigenvalue weighted by Crippen LogP contribution is -2.39. The Hall–Kier alpha value is -1.62. The molecule has 0 aromatic rings. The Morgan fingerprint density at radius 1 is 0.633 bits per heavy atom. The van der Waals surface area contributed by atoms with E-state index >= 15 is 0 Å². The number of allylic oxidation sites excluding steroid dienone is 2. The molecule has 0 radical (unpaired) electrons. The molecule has 0 aliphatic rings. The summed E-state index contributed by atoms with van der Waals surface area (Å²) >= 11 is 0. The van der Waals surface area contributed by atoms with Crippen LogP contribution in [0.3, 0.4) is 0 Å². The molecule has 0 bridgehead atoms. The predicted octanol–water partition coefficient (Wildman–Crippen LogP) is 5.19. The molecule has 30 heavy (non-hydrogen) atoms.